The minimum absolute atomic E-state index is 0.448. The molecule has 0 amide bonds. The molecule has 118 valence electrons. The van der Waals surface area contributed by atoms with E-state index in [-0.39, 0.29) is 0 Å². The van der Waals surface area contributed by atoms with E-state index in [1.54, 1.807) is 6.20 Å². The highest BCUT2D eigenvalue weighted by Crippen LogP contribution is 2.22. The normalized spacial score (nSPS) is 19.4. The number of halogens is 1. The number of hydrogen-bond acceptors (Lipinski definition) is 4. The lowest BCUT2D eigenvalue weighted by molar-refractivity contribution is 0.227. The summed E-state index contributed by atoms with van der Waals surface area (Å²) < 4.78 is 6.93. The van der Waals surface area contributed by atoms with E-state index in [0.29, 0.717) is 12.1 Å². The Kier molecular flexibility index (Phi) is 6.45. The van der Waals surface area contributed by atoms with Crippen molar-refractivity contribution in [2.45, 2.75) is 51.7 Å². The molecule has 2 rings (SSSR count). The van der Waals surface area contributed by atoms with E-state index >= 15 is 0 Å². The van der Waals surface area contributed by atoms with E-state index in [2.05, 4.69) is 58.1 Å². The molecule has 1 saturated heterocycles. The molecule has 1 fully saturated rings. The third-order valence-electron chi connectivity index (χ3n) is 3.95. The Balaban J connectivity index is 1.89. The maximum absolute atomic E-state index is 5.94. The van der Waals surface area contributed by atoms with Gasteiger partial charge >= 0.3 is 0 Å². The van der Waals surface area contributed by atoms with Crippen LogP contribution in [0.25, 0.3) is 0 Å². The number of pyridine rings is 1. The van der Waals surface area contributed by atoms with Gasteiger partial charge in [0.25, 0.3) is 0 Å². The zero-order valence-corrected chi connectivity index (χ0v) is 14.8. The summed E-state index contributed by atoms with van der Waals surface area (Å²) in [5.74, 6) is 0.756. The third-order valence-corrected chi connectivity index (χ3v) is 4.39. The minimum Gasteiger partial charge on any atom is -0.477 e. The highest BCUT2D eigenvalue weighted by atomic mass is 79.9. The molecule has 1 N–H and O–H groups in total. The predicted molar refractivity (Wildman–Crippen MR) is 89.7 cm³/mol. The van der Waals surface area contributed by atoms with E-state index < -0.39 is 0 Å². The molecule has 1 aromatic heterocycles. The summed E-state index contributed by atoms with van der Waals surface area (Å²) in [7, 11) is 2.20. The Morgan fingerprint density at radius 3 is 3.00 bits per heavy atom. The molecule has 0 saturated carbocycles. The van der Waals surface area contributed by atoms with Gasteiger partial charge in [-0.05, 0) is 54.9 Å². The molecule has 1 aliphatic heterocycles. The van der Waals surface area contributed by atoms with Gasteiger partial charge in [0.15, 0.2) is 0 Å². The minimum atomic E-state index is 0.448. The molecule has 0 radical (unpaired) electrons. The number of rotatable bonds is 7. The van der Waals surface area contributed by atoms with E-state index in [1.807, 2.05) is 0 Å². The second-order valence-electron chi connectivity index (χ2n) is 6.07. The van der Waals surface area contributed by atoms with Gasteiger partial charge in [0.2, 0.25) is 5.88 Å². The summed E-state index contributed by atoms with van der Waals surface area (Å²) >= 11 is 3.48. The van der Waals surface area contributed by atoms with Crippen LogP contribution in [0.4, 0.5) is 0 Å². The molecule has 21 heavy (non-hydrogen) atoms. The molecule has 0 aliphatic carbocycles. The zero-order chi connectivity index (χ0) is 15.2. The van der Waals surface area contributed by atoms with E-state index in [1.165, 1.54) is 19.4 Å². The molecule has 4 nitrogen and oxygen atoms in total. The van der Waals surface area contributed by atoms with E-state index in [4.69, 9.17) is 4.74 Å². The number of likely N-dealkylation sites (tertiary alicyclic amines) is 1. The molecule has 1 atom stereocenters. The van der Waals surface area contributed by atoms with Gasteiger partial charge in [-0.25, -0.2) is 4.98 Å². The van der Waals surface area contributed by atoms with Gasteiger partial charge in [-0.1, -0.05) is 13.8 Å². The average Bonchev–Trinajstić information content (AvgIpc) is 2.84. The number of nitrogens with zero attached hydrogens (tertiary/aromatic N) is 2. The number of ether oxygens (including phenoxy) is 1. The fourth-order valence-corrected chi connectivity index (χ4v) is 3.05. The van der Waals surface area contributed by atoms with Gasteiger partial charge in [-0.3, -0.25) is 0 Å². The van der Waals surface area contributed by atoms with Crippen LogP contribution < -0.4 is 10.1 Å². The average molecular weight is 356 g/mol. The molecular formula is C16H26BrN3O. The lowest BCUT2D eigenvalue weighted by atomic mass is 10.1. The maximum Gasteiger partial charge on any atom is 0.217 e. The molecule has 0 aromatic carbocycles. The molecule has 1 aromatic rings. The lowest BCUT2D eigenvalue weighted by Crippen LogP contribution is -2.27. The van der Waals surface area contributed by atoms with Crippen LogP contribution in [0.15, 0.2) is 16.7 Å². The van der Waals surface area contributed by atoms with E-state index in [9.17, 15) is 0 Å². The Hall–Kier alpha value is -0.650. The van der Waals surface area contributed by atoms with Gasteiger partial charge in [0, 0.05) is 34.9 Å². The number of nitrogens with one attached hydrogen (secondary N) is 1. The van der Waals surface area contributed by atoms with Gasteiger partial charge in [0.1, 0.15) is 0 Å². The summed E-state index contributed by atoms with van der Waals surface area (Å²) in [6, 6.07) is 3.20. The Bertz CT molecular complexity index is 453. The summed E-state index contributed by atoms with van der Waals surface area (Å²) in [6.07, 6.45) is 5.47. The van der Waals surface area contributed by atoms with Crippen molar-refractivity contribution in [3.05, 3.63) is 22.3 Å². The highest BCUT2D eigenvalue weighted by molar-refractivity contribution is 9.10. The van der Waals surface area contributed by atoms with Crippen LogP contribution in [-0.2, 0) is 6.54 Å². The molecule has 5 heteroatoms. The Morgan fingerprint density at radius 1 is 1.52 bits per heavy atom. The first-order chi connectivity index (χ1) is 10.1. The van der Waals surface area contributed by atoms with Crippen molar-refractivity contribution in [3.8, 4) is 5.88 Å². The molecule has 1 aliphatic rings. The quantitative estimate of drug-likeness (QED) is 0.814. The first kappa shape index (κ1) is 16.7. The van der Waals surface area contributed by atoms with Crippen molar-refractivity contribution in [2.24, 2.45) is 0 Å². The van der Waals surface area contributed by atoms with Gasteiger partial charge in [0.05, 0.1) is 6.61 Å². The highest BCUT2D eigenvalue weighted by Gasteiger charge is 2.20. The monoisotopic (exact) mass is 355 g/mol. The molecule has 0 bridgehead atoms. The standard InChI is InChI=1S/C16H26BrN3O/c1-12(2)18-10-13-9-14(17)11-19-16(13)21-8-6-15-5-4-7-20(15)3/h9,11-12,15,18H,4-8,10H2,1-3H3. The first-order valence-corrected chi connectivity index (χ1v) is 8.56. The fourth-order valence-electron chi connectivity index (χ4n) is 2.67. The van der Waals surface area contributed by atoms with Crippen molar-refractivity contribution in [1.29, 1.82) is 0 Å². The van der Waals surface area contributed by atoms with Crippen molar-refractivity contribution in [3.63, 3.8) is 0 Å². The SMILES string of the molecule is CC(C)NCc1cc(Br)cnc1OCCC1CCCN1C. The smallest absolute Gasteiger partial charge is 0.217 e. The van der Waals surface area contributed by atoms with Crippen LogP contribution >= 0.6 is 15.9 Å². The number of hydrogen-bond donors (Lipinski definition) is 1. The predicted octanol–water partition coefficient (Wildman–Crippen LogP) is 3.21. The maximum atomic E-state index is 5.94. The van der Waals surface area contributed by atoms with Crippen LogP contribution in [0.2, 0.25) is 0 Å². The Morgan fingerprint density at radius 2 is 2.33 bits per heavy atom. The van der Waals surface area contributed by atoms with Gasteiger partial charge < -0.3 is 15.0 Å². The van der Waals surface area contributed by atoms with Crippen LogP contribution in [0.5, 0.6) is 5.88 Å². The summed E-state index contributed by atoms with van der Waals surface area (Å²) in [5.41, 5.74) is 1.11. The zero-order valence-electron chi connectivity index (χ0n) is 13.2. The molecule has 1 unspecified atom stereocenters. The van der Waals surface area contributed by atoms with Crippen LogP contribution in [0, 0.1) is 0 Å². The van der Waals surface area contributed by atoms with Crippen molar-refractivity contribution >= 4 is 15.9 Å². The Labute approximate surface area is 136 Å². The second-order valence-corrected chi connectivity index (χ2v) is 6.98. The van der Waals surface area contributed by atoms with Crippen molar-refractivity contribution in [2.75, 3.05) is 20.2 Å². The third kappa shape index (κ3) is 5.24. The van der Waals surface area contributed by atoms with Crippen molar-refractivity contribution in [1.82, 2.24) is 15.2 Å². The summed E-state index contributed by atoms with van der Waals surface area (Å²) in [5, 5.41) is 3.42. The van der Waals surface area contributed by atoms with Crippen LogP contribution in [-0.4, -0.2) is 42.2 Å². The first-order valence-electron chi connectivity index (χ1n) is 7.77. The number of aromatic nitrogens is 1. The molecule has 0 spiro atoms. The van der Waals surface area contributed by atoms with Crippen LogP contribution in [0.1, 0.15) is 38.7 Å². The largest absolute Gasteiger partial charge is 0.477 e. The van der Waals surface area contributed by atoms with E-state index in [0.717, 1.165) is 35.5 Å². The summed E-state index contributed by atoms with van der Waals surface area (Å²) in [4.78, 5) is 6.85. The lowest BCUT2D eigenvalue weighted by Gasteiger charge is -2.19. The molecule has 2 heterocycles. The topological polar surface area (TPSA) is 37.4 Å². The second kappa shape index (κ2) is 8.11. The fraction of sp³-hybridized carbons (Fsp3) is 0.688. The van der Waals surface area contributed by atoms with Gasteiger partial charge in [-0.15, -0.1) is 0 Å². The molecular weight excluding hydrogens is 330 g/mol. The van der Waals surface area contributed by atoms with Crippen LogP contribution in [0.3, 0.4) is 0 Å². The van der Waals surface area contributed by atoms with Gasteiger partial charge in [-0.2, -0.15) is 0 Å². The summed E-state index contributed by atoms with van der Waals surface area (Å²) in [6.45, 7) is 7.01. The van der Waals surface area contributed by atoms with Crippen molar-refractivity contribution < 1.29 is 4.74 Å².